The highest BCUT2D eigenvalue weighted by atomic mass is 79.9. The summed E-state index contributed by atoms with van der Waals surface area (Å²) >= 11 is 2.92. The predicted octanol–water partition coefficient (Wildman–Crippen LogP) is 1.49. The number of aromatic amines is 1. The first-order chi connectivity index (χ1) is 6.83. The molecule has 0 aliphatic heterocycles. The van der Waals surface area contributed by atoms with Gasteiger partial charge in [-0.1, -0.05) is 15.9 Å². The van der Waals surface area contributed by atoms with Crippen LogP contribution in [0.1, 0.15) is 5.56 Å². The second-order valence-corrected chi connectivity index (χ2v) is 3.40. The van der Waals surface area contributed by atoms with Crippen molar-refractivity contribution in [2.45, 2.75) is 12.9 Å². The van der Waals surface area contributed by atoms with Crippen LogP contribution < -0.4 is 16.0 Å². The Morgan fingerprint density at radius 3 is 2.53 bits per heavy atom. The molecule has 0 aliphatic carbocycles. The van der Waals surface area contributed by atoms with Gasteiger partial charge in [-0.3, -0.25) is 9.78 Å². The molecule has 1 rings (SSSR count). The van der Waals surface area contributed by atoms with E-state index in [2.05, 4.69) is 20.7 Å². The van der Waals surface area contributed by atoms with E-state index in [1.807, 2.05) is 4.98 Å². The van der Waals surface area contributed by atoms with Gasteiger partial charge in [0, 0.05) is 22.6 Å². The van der Waals surface area contributed by atoms with Crippen molar-refractivity contribution in [3.63, 3.8) is 0 Å². The molecular formula is C7H6BrF3N2O2. The monoisotopic (exact) mass is 286 g/mol. The molecule has 1 aromatic heterocycles. The second kappa shape index (κ2) is 4.23. The molecule has 84 valence electrons. The van der Waals surface area contributed by atoms with E-state index in [0.29, 0.717) is 0 Å². The summed E-state index contributed by atoms with van der Waals surface area (Å²) < 4.78 is 39.1. The summed E-state index contributed by atoms with van der Waals surface area (Å²) in [4.78, 5) is 13.1. The largest absolute Gasteiger partial charge is 0.574 e. The first-order valence-electron chi connectivity index (χ1n) is 3.71. The number of nitrogens with two attached hydrogens (primary N) is 1. The molecule has 0 aliphatic rings. The van der Waals surface area contributed by atoms with Crippen molar-refractivity contribution in [1.29, 1.82) is 0 Å². The van der Waals surface area contributed by atoms with E-state index in [0.717, 1.165) is 6.07 Å². The molecule has 0 amide bonds. The third-order valence-corrected chi connectivity index (χ3v) is 2.19. The van der Waals surface area contributed by atoms with Crippen LogP contribution in [0.15, 0.2) is 15.3 Å². The highest BCUT2D eigenvalue weighted by Gasteiger charge is 2.31. The first kappa shape index (κ1) is 12.1. The zero-order valence-corrected chi connectivity index (χ0v) is 8.78. The summed E-state index contributed by atoms with van der Waals surface area (Å²) in [5, 5.41) is 0. The molecular weight excluding hydrogens is 281 g/mol. The molecule has 0 atom stereocenters. The van der Waals surface area contributed by atoms with Crippen LogP contribution in [-0.4, -0.2) is 11.3 Å². The summed E-state index contributed by atoms with van der Waals surface area (Å²) in [5.41, 5.74) is 4.66. The minimum absolute atomic E-state index is 0.0811. The van der Waals surface area contributed by atoms with Crippen molar-refractivity contribution in [3.8, 4) is 5.88 Å². The average Bonchev–Trinajstić information content (AvgIpc) is 1.99. The molecule has 1 heterocycles. The Morgan fingerprint density at radius 2 is 2.13 bits per heavy atom. The second-order valence-electron chi connectivity index (χ2n) is 2.54. The number of hydrogen-bond acceptors (Lipinski definition) is 3. The van der Waals surface area contributed by atoms with E-state index in [1.54, 1.807) is 0 Å². The standard InChI is InChI=1S/C7H6BrF3N2O2/c8-4-1-5(15-7(9,10)11)13-6(14)3(4)2-12/h1H,2,12H2,(H,13,14). The van der Waals surface area contributed by atoms with Gasteiger partial charge in [-0.2, -0.15) is 0 Å². The summed E-state index contributed by atoms with van der Waals surface area (Å²) in [6, 6.07) is 0.997. The Kier molecular flexibility index (Phi) is 3.40. The van der Waals surface area contributed by atoms with Crippen LogP contribution in [-0.2, 0) is 6.54 Å². The molecule has 0 saturated heterocycles. The fourth-order valence-electron chi connectivity index (χ4n) is 0.904. The molecule has 0 radical (unpaired) electrons. The molecule has 0 fully saturated rings. The van der Waals surface area contributed by atoms with Crippen molar-refractivity contribution in [2.24, 2.45) is 5.73 Å². The third kappa shape index (κ3) is 3.24. The average molecular weight is 287 g/mol. The van der Waals surface area contributed by atoms with Crippen LogP contribution in [0, 0.1) is 0 Å². The molecule has 8 heteroatoms. The van der Waals surface area contributed by atoms with Gasteiger partial charge in [0.25, 0.3) is 5.56 Å². The zero-order valence-electron chi connectivity index (χ0n) is 7.19. The number of alkyl halides is 3. The SMILES string of the molecule is NCc1c(Br)cc(OC(F)(F)F)[nH]c1=O. The van der Waals surface area contributed by atoms with E-state index in [9.17, 15) is 18.0 Å². The predicted molar refractivity (Wildman–Crippen MR) is 49.3 cm³/mol. The summed E-state index contributed by atoms with van der Waals surface area (Å²) in [6.45, 7) is -0.0811. The van der Waals surface area contributed by atoms with Crippen molar-refractivity contribution < 1.29 is 17.9 Å². The summed E-state index contributed by atoms with van der Waals surface area (Å²) in [7, 11) is 0. The molecule has 0 bridgehead atoms. The van der Waals surface area contributed by atoms with Crippen LogP contribution in [0.4, 0.5) is 13.2 Å². The number of ether oxygens (including phenoxy) is 1. The maximum Gasteiger partial charge on any atom is 0.574 e. The van der Waals surface area contributed by atoms with Crippen LogP contribution in [0.25, 0.3) is 0 Å². The molecule has 3 N–H and O–H groups in total. The van der Waals surface area contributed by atoms with Gasteiger partial charge >= 0.3 is 6.36 Å². The number of aromatic nitrogens is 1. The Labute approximate surface area is 90.4 Å². The Hall–Kier alpha value is -1.02. The number of nitrogens with one attached hydrogen (secondary N) is 1. The van der Waals surface area contributed by atoms with E-state index in [4.69, 9.17) is 5.73 Å². The van der Waals surface area contributed by atoms with Crippen LogP contribution >= 0.6 is 15.9 Å². The van der Waals surface area contributed by atoms with E-state index < -0.39 is 17.8 Å². The molecule has 0 spiro atoms. The van der Waals surface area contributed by atoms with Gasteiger partial charge in [-0.25, -0.2) is 0 Å². The Bertz CT molecular complexity index is 416. The topological polar surface area (TPSA) is 68.1 Å². The Balaban J connectivity index is 3.10. The zero-order chi connectivity index (χ0) is 11.6. The lowest BCUT2D eigenvalue weighted by atomic mass is 10.3. The molecule has 15 heavy (non-hydrogen) atoms. The van der Waals surface area contributed by atoms with E-state index >= 15 is 0 Å². The lowest BCUT2D eigenvalue weighted by molar-refractivity contribution is -0.276. The maximum atomic E-state index is 11.8. The number of H-pyrrole nitrogens is 1. The normalized spacial score (nSPS) is 11.5. The van der Waals surface area contributed by atoms with E-state index in [-0.39, 0.29) is 16.6 Å². The quantitative estimate of drug-likeness (QED) is 0.866. The highest BCUT2D eigenvalue weighted by molar-refractivity contribution is 9.10. The number of pyridine rings is 1. The number of halogens is 4. The van der Waals surface area contributed by atoms with Crippen molar-refractivity contribution >= 4 is 15.9 Å². The van der Waals surface area contributed by atoms with E-state index in [1.165, 1.54) is 0 Å². The van der Waals surface area contributed by atoms with Gasteiger partial charge in [-0.15, -0.1) is 13.2 Å². The molecule has 1 aromatic rings. The summed E-state index contributed by atoms with van der Waals surface area (Å²) in [6.07, 6.45) is -4.84. The smallest absolute Gasteiger partial charge is 0.390 e. The third-order valence-electron chi connectivity index (χ3n) is 1.49. The molecule has 4 nitrogen and oxygen atoms in total. The van der Waals surface area contributed by atoms with Crippen LogP contribution in [0.5, 0.6) is 5.88 Å². The Morgan fingerprint density at radius 1 is 1.53 bits per heavy atom. The first-order valence-corrected chi connectivity index (χ1v) is 4.50. The van der Waals surface area contributed by atoms with Gasteiger partial charge in [0.2, 0.25) is 5.88 Å². The van der Waals surface area contributed by atoms with Crippen LogP contribution in [0.2, 0.25) is 0 Å². The fraction of sp³-hybridized carbons (Fsp3) is 0.286. The number of rotatable bonds is 2. The molecule has 0 saturated carbocycles. The van der Waals surface area contributed by atoms with Gasteiger partial charge in [0.1, 0.15) is 0 Å². The molecule has 0 unspecified atom stereocenters. The fourth-order valence-corrected chi connectivity index (χ4v) is 1.45. The molecule has 0 aromatic carbocycles. The lowest BCUT2D eigenvalue weighted by Crippen LogP contribution is -2.22. The number of hydrogen-bond donors (Lipinski definition) is 2. The van der Waals surface area contributed by atoms with Crippen molar-refractivity contribution in [1.82, 2.24) is 4.98 Å². The minimum atomic E-state index is -4.84. The van der Waals surface area contributed by atoms with Crippen molar-refractivity contribution in [3.05, 3.63) is 26.5 Å². The van der Waals surface area contributed by atoms with Crippen LogP contribution in [0.3, 0.4) is 0 Å². The van der Waals surface area contributed by atoms with Crippen molar-refractivity contribution in [2.75, 3.05) is 0 Å². The van der Waals surface area contributed by atoms with Gasteiger partial charge < -0.3 is 10.5 Å². The van der Waals surface area contributed by atoms with Gasteiger partial charge in [-0.05, 0) is 0 Å². The summed E-state index contributed by atoms with van der Waals surface area (Å²) in [5.74, 6) is -0.684. The maximum absolute atomic E-state index is 11.8. The lowest BCUT2D eigenvalue weighted by Gasteiger charge is -2.09. The highest BCUT2D eigenvalue weighted by Crippen LogP contribution is 2.23. The van der Waals surface area contributed by atoms with Gasteiger partial charge in [0.05, 0.1) is 0 Å². The van der Waals surface area contributed by atoms with Gasteiger partial charge in [0.15, 0.2) is 0 Å². The minimum Gasteiger partial charge on any atom is -0.390 e.